The van der Waals surface area contributed by atoms with Crippen LogP contribution < -0.4 is 10.3 Å². The molecule has 0 aliphatic heterocycles. The number of benzene rings is 2. The molecule has 3 aromatic rings. The van der Waals surface area contributed by atoms with Gasteiger partial charge in [0.15, 0.2) is 0 Å². The van der Waals surface area contributed by atoms with E-state index < -0.39 is 6.10 Å². The molecule has 1 heterocycles. The van der Waals surface area contributed by atoms with Crippen molar-refractivity contribution in [2.24, 2.45) is 0 Å². The Labute approximate surface area is 128 Å². The molecule has 0 fully saturated rings. The van der Waals surface area contributed by atoms with Crippen molar-refractivity contribution >= 4 is 10.9 Å². The fourth-order valence-corrected chi connectivity index (χ4v) is 2.47. The van der Waals surface area contributed by atoms with E-state index >= 15 is 0 Å². The Hall–Kier alpha value is -2.59. The number of aromatic amines is 1. The molecule has 2 N–H and O–H groups in total. The molecule has 0 aliphatic rings. The summed E-state index contributed by atoms with van der Waals surface area (Å²) in [6.07, 6.45) is -0.614. The molecular formula is C18H17NO3. The van der Waals surface area contributed by atoms with Gasteiger partial charge in [-0.15, -0.1) is 0 Å². The van der Waals surface area contributed by atoms with Crippen molar-refractivity contribution in [1.82, 2.24) is 4.98 Å². The number of aliphatic hydroxyl groups excluding tert-OH is 1. The summed E-state index contributed by atoms with van der Waals surface area (Å²) >= 11 is 0. The van der Waals surface area contributed by atoms with Gasteiger partial charge in [0.1, 0.15) is 12.4 Å². The first kappa shape index (κ1) is 14.4. The molecule has 0 spiro atoms. The van der Waals surface area contributed by atoms with Crippen LogP contribution in [0.5, 0.6) is 5.75 Å². The largest absolute Gasteiger partial charge is 0.487 e. The van der Waals surface area contributed by atoms with Crippen molar-refractivity contribution in [3.05, 3.63) is 76.1 Å². The van der Waals surface area contributed by atoms with Crippen LogP contribution in [0.15, 0.2) is 59.4 Å². The molecule has 0 saturated carbocycles. The number of ether oxygens (including phenoxy) is 1. The van der Waals surface area contributed by atoms with Gasteiger partial charge in [-0.25, -0.2) is 0 Å². The summed E-state index contributed by atoms with van der Waals surface area (Å²) in [6.45, 7) is 2.12. The van der Waals surface area contributed by atoms with E-state index in [1.165, 1.54) is 6.07 Å². The molecule has 2 aromatic carbocycles. The lowest BCUT2D eigenvalue weighted by atomic mass is 10.0. The molecular weight excluding hydrogens is 278 g/mol. The Balaban J connectivity index is 2.01. The SMILES string of the molecule is CC(O)c1ccc(OCc2ccccc2)c2[nH]c(=O)ccc12. The highest BCUT2D eigenvalue weighted by Crippen LogP contribution is 2.29. The highest BCUT2D eigenvalue weighted by Gasteiger charge is 2.11. The van der Waals surface area contributed by atoms with Crippen LogP contribution in [-0.4, -0.2) is 10.1 Å². The van der Waals surface area contributed by atoms with Gasteiger partial charge >= 0.3 is 0 Å². The Morgan fingerprint density at radius 2 is 1.86 bits per heavy atom. The normalized spacial score (nSPS) is 12.3. The zero-order valence-corrected chi connectivity index (χ0v) is 12.2. The average Bonchev–Trinajstić information content (AvgIpc) is 2.53. The smallest absolute Gasteiger partial charge is 0.248 e. The van der Waals surface area contributed by atoms with Crippen molar-refractivity contribution < 1.29 is 9.84 Å². The Morgan fingerprint density at radius 1 is 1.09 bits per heavy atom. The first-order valence-corrected chi connectivity index (χ1v) is 7.16. The number of rotatable bonds is 4. The number of pyridine rings is 1. The molecule has 0 saturated heterocycles. The van der Waals surface area contributed by atoms with Crippen LogP contribution in [0.25, 0.3) is 10.9 Å². The Morgan fingerprint density at radius 3 is 2.59 bits per heavy atom. The first-order chi connectivity index (χ1) is 10.6. The number of hydrogen-bond acceptors (Lipinski definition) is 3. The zero-order chi connectivity index (χ0) is 15.5. The van der Waals surface area contributed by atoms with Gasteiger partial charge in [0, 0.05) is 11.5 Å². The van der Waals surface area contributed by atoms with Crippen LogP contribution >= 0.6 is 0 Å². The minimum absolute atomic E-state index is 0.195. The van der Waals surface area contributed by atoms with E-state index in [-0.39, 0.29) is 5.56 Å². The summed E-state index contributed by atoms with van der Waals surface area (Å²) in [5, 5.41) is 10.6. The molecule has 112 valence electrons. The summed E-state index contributed by atoms with van der Waals surface area (Å²) < 4.78 is 5.84. The van der Waals surface area contributed by atoms with Gasteiger partial charge in [-0.2, -0.15) is 0 Å². The number of aliphatic hydroxyl groups is 1. The lowest BCUT2D eigenvalue weighted by Crippen LogP contribution is -2.06. The van der Waals surface area contributed by atoms with Crippen LogP contribution in [0.3, 0.4) is 0 Å². The second-order valence-electron chi connectivity index (χ2n) is 5.21. The van der Waals surface area contributed by atoms with E-state index in [4.69, 9.17) is 4.74 Å². The Kier molecular flexibility index (Phi) is 3.94. The van der Waals surface area contributed by atoms with Gasteiger partial charge in [0.05, 0.1) is 11.6 Å². The molecule has 0 aliphatic carbocycles. The van der Waals surface area contributed by atoms with Gasteiger partial charge < -0.3 is 14.8 Å². The predicted octanol–water partition coefficient (Wildman–Crippen LogP) is 3.16. The number of aromatic nitrogens is 1. The number of H-pyrrole nitrogens is 1. The number of nitrogens with one attached hydrogen (secondary N) is 1. The lowest BCUT2D eigenvalue weighted by Gasteiger charge is -2.13. The molecule has 4 nitrogen and oxygen atoms in total. The molecule has 1 unspecified atom stereocenters. The second-order valence-corrected chi connectivity index (χ2v) is 5.21. The molecule has 1 atom stereocenters. The molecule has 0 amide bonds. The maximum absolute atomic E-state index is 11.6. The van der Waals surface area contributed by atoms with Gasteiger partial charge in [0.2, 0.25) is 5.56 Å². The molecule has 22 heavy (non-hydrogen) atoms. The van der Waals surface area contributed by atoms with E-state index in [2.05, 4.69) is 4.98 Å². The van der Waals surface area contributed by atoms with E-state index in [1.807, 2.05) is 36.4 Å². The second kappa shape index (κ2) is 6.03. The van der Waals surface area contributed by atoms with Crippen molar-refractivity contribution in [2.45, 2.75) is 19.6 Å². The van der Waals surface area contributed by atoms with Gasteiger partial charge in [-0.05, 0) is 30.2 Å². The van der Waals surface area contributed by atoms with E-state index in [0.29, 0.717) is 17.9 Å². The lowest BCUT2D eigenvalue weighted by molar-refractivity contribution is 0.200. The molecule has 0 radical (unpaired) electrons. The minimum Gasteiger partial charge on any atom is -0.487 e. The fraction of sp³-hybridized carbons (Fsp3) is 0.167. The quantitative estimate of drug-likeness (QED) is 0.777. The summed E-state index contributed by atoms with van der Waals surface area (Å²) in [5.41, 5.74) is 2.23. The van der Waals surface area contributed by atoms with E-state index in [0.717, 1.165) is 16.5 Å². The van der Waals surface area contributed by atoms with Gasteiger partial charge in [-0.3, -0.25) is 4.79 Å². The van der Waals surface area contributed by atoms with Crippen LogP contribution in [0.4, 0.5) is 0 Å². The summed E-state index contributed by atoms with van der Waals surface area (Å²) in [4.78, 5) is 14.4. The van der Waals surface area contributed by atoms with Gasteiger partial charge in [0.25, 0.3) is 0 Å². The van der Waals surface area contributed by atoms with Crippen LogP contribution in [-0.2, 0) is 6.61 Å². The Bertz CT molecular complexity index is 838. The van der Waals surface area contributed by atoms with Gasteiger partial charge in [-0.1, -0.05) is 36.4 Å². The third-order valence-corrected chi connectivity index (χ3v) is 3.58. The molecule has 1 aromatic heterocycles. The average molecular weight is 295 g/mol. The van der Waals surface area contributed by atoms with Crippen molar-refractivity contribution in [3.8, 4) is 5.75 Å². The summed E-state index contributed by atoms with van der Waals surface area (Å²) in [5.74, 6) is 0.598. The third-order valence-electron chi connectivity index (χ3n) is 3.58. The zero-order valence-electron chi connectivity index (χ0n) is 12.2. The van der Waals surface area contributed by atoms with Crippen molar-refractivity contribution in [1.29, 1.82) is 0 Å². The standard InChI is InChI=1S/C18H17NO3/c1-12(20)14-7-9-16(18-15(14)8-10-17(21)19-18)22-11-13-5-3-2-4-6-13/h2-10,12,20H,11H2,1H3,(H,19,21). The van der Waals surface area contributed by atoms with E-state index in [9.17, 15) is 9.90 Å². The molecule has 0 bridgehead atoms. The number of hydrogen-bond donors (Lipinski definition) is 2. The highest BCUT2D eigenvalue weighted by atomic mass is 16.5. The predicted molar refractivity (Wildman–Crippen MR) is 86.0 cm³/mol. The number of fused-ring (bicyclic) bond motifs is 1. The monoisotopic (exact) mass is 295 g/mol. The molecule has 4 heteroatoms. The summed E-state index contributed by atoms with van der Waals surface area (Å²) in [7, 11) is 0. The fourth-order valence-electron chi connectivity index (χ4n) is 2.47. The minimum atomic E-state index is -0.614. The van der Waals surface area contributed by atoms with Crippen molar-refractivity contribution in [3.63, 3.8) is 0 Å². The van der Waals surface area contributed by atoms with Crippen LogP contribution in [0.2, 0.25) is 0 Å². The van der Waals surface area contributed by atoms with Crippen LogP contribution in [0, 0.1) is 0 Å². The van der Waals surface area contributed by atoms with E-state index in [1.54, 1.807) is 19.1 Å². The first-order valence-electron chi connectivity index (χ1n) is 7.16. The van der Waals surface area contributed by atoms with Crippen LogP contribution in [0.1, 0.15) is 24.2 Å². The van der Waals surface area contributed by atoms with Crippen molar-refractivity contribution in [2.75, 3.05) is 0 Å². The third kappa shape index (κ3) is 2.87. The summed E-state index contributed by atoms with van der Waals surface area (Å²) in [6, 6.07) is 16.6. The maximum Gasteiger partial charge on any atom is 0.248 e. The topological polar surface area (TPSA) is 62.3 Å². The maximum atomic E-state index is 11.6. The highest BCUT2D eigenvalue weighted by molar-refractivity contribution is 5.87. The molecule has 3 rings (SSSR count).